The lowest BCUT2D eigenvalue weighted by Crippen LogP contribution is -2.26. The molecule has 0 radical (unpaired) electrons. The van der Waals surface area contributed by atoms with Gasteiger partial charge in [0.25, 0.3) is 0 Å². The molecule has 3 nitrogen and oxygen atoms in total. The number of benzene rings is 1. The van der Waals surface area contributed by atoms with E-state index in [9.17, 15) is 9.18 Å². The minimum Gasteiger partial charge on any atom is -0.478 e. The Balaban J connectivity index is 2.59. The Hall–Kier alpha value is -1.42. The first-order valence-corrected chi connectivity index (χ1v) is 4.44. The van der Waals surface area contributed by atoms with Gasteiger partial charge in [0.05, 0.1) is 5.56 Å². The molecule has 0 amide bonds. The Bertz CT molecular complexity index is 390. The Morgan fingerprint density at radius 1 is 1.43 bits per heavy atom. The van der Waals surface area contributed by atoms with Crippen LogP contribution in [-0.2, 0) is 13.0 Å². The van der Waals surface area contributed by atoms with Gasteiger partial charge in [-0.05, 0) is 36.2 Å². The van der Waals surface area contributed by atoms with Crippen LogP contribution in [0.4, 0.5) is 4.39 Å². The lowest BCUT2D eigenvalue weighted by atomic mass is 9.95. The molecule has 14 heavy (non-hydrogen) atoms. The molecular formula is C10H10FNO2. The van der Waals surface area contributed by atoms with Gasteiger partial charge >= 0.3 is 5.97 Å². The second-order valence-corrected chi connectivity index (χ2v) is 3.28. The summed E-state index contributed by atoms with van der Waals surface area (Å²) in [5.74, 6) is -1.29. The van der Waals surface area contributed by atoms with E-state index in [1.54, 1.807) is 0 Å². The molecule has 0 fully saturated rings. The number of rotatable bonds is 1. The number of carboxylic acids is 1. The predicted molar refractivity (Wildman–Crippen MR) is 48.8 cm³/mol. The van der Waals surface area contributed by atoms with Crippen molar-refractivity contribution in [3.05, 3.63) is 34.6 Å². The Morgan fingerprint density at radius 2 is 2.21 bits per heavy atom. The summed E-state index contributed by atoms with van der Waals surface area (Å²) in [7, 11) is 0. The first-order valence-electron chi connectivity index (χ1n) is 4.44. The number of hydrogen-bond acceptors (Lipinski definition) is 2. The van der Waals surface area contributed by atoms with E-state index in [4.69, 9.17) is 5.11 Å². The van der Waals surface area contributed by atoms with E-state index < -0.39 is 5.97 Å². The van der Waals surface area contributed by atoms with Gasteiger partial charge < -0.3 is 10.4 Å². The molecule has 74 valence electrons. The lowest BCUT2D eigenvalue weighted by molar-refractivity contribution is 0.0695. The smallest absolute Gasteiger partial charge is 0.336 e. The summed E-state index contributed by atoms with van der Waals surface area (Å²) in [6, 6.07) is 2.55. The van der Waals surface area contributed by atoms with Crippen molar-refractivity contribution in [2.45, 2.75) is 13.0 Å². The van der Waals surface area contributed by atoms with Crippen molar-refractivity contribution in [2.24, 2.45) is 0 Å². The van der Waals surface area contributed by atoms with E-state index in [-0.39, 0.29) is 11.4 Å². The SMILES string of the molecule is O=C(O)c1ccc(F)c2c1CNCC2. The summed E-state index contributed by atoms with van der Waals surface area (Å²) in [6.45, 7) is 1.14. The molecule has 0 saturated heterocycles. The summed E-state index contributed by atoms with van der Waals surface area (Å²) in [5.41, 5.74) is 1.33. The maximum Gasteiger partial charge on any atom is 0.336 e. The van der Waals surface area contributed by atoms with Crippen LogP contribution in [-0.4, -0.2) is 17.6 Å². The predicted octanol–water partition coefficient (Wildman–Crippen LogP) is 1.17. The molecule has 0 saturated carbocycles. The van der Waals surface area contributed by atoms with Gasteiger partial charge in [-0.25, -0.2) is 9.18 Å². The van der Waals surface area contributed by atoms with Crippen LogP contribution in [0.15, 0.2) is 12.1 Å². The summed E-state index contributed by atoms with van der Waals surface area (Å²) < 4.78 is 13.3. The largest absolute Gasteiger partial charge is 0.478 e. The van der Waals surface area contributed by atoms with Crippen LogP contribution >= 0.6 is 0 Å². The molecule has 1 aliphatic rings. The molecule has 0 aliphatic carbocycles. The minimum atomic E-state index is -0.995. The first kappa shape index (κ1) is 9.15. The van der Waals surface area contributed by atoms with Gasteiger partial charge in [-0.15, -0.1) is 0 Å². The van der Waals surface area contributed by atoms with E-state index >= 15 is 0 Å². The second-order valence-electron chi connectivity index (χ2n) is 3.28. The fourth-order valence-corrected chi connectivity index (χ4v) is 1.76. The van der Waals surface area contributed by atoms with Crippen LogP contribution in [0, 0.1) is 5.82 Å². The van der Waals surface area contributed by atoms with Crippen LogP contribution in [0.1, 0.15) is 21.5 Å². The zero-order chi connectivity index (χ0) is 10.1. The summed E-state index contributed by atoms with van der Waals surface area (Å²) in [4.78, 5) is 10.8. The van der Waals surface area contributed by atoms with E-state index in [1.165, 1.54) is 12.1 Å². The quantitative estimate of drug-likeness (QED) is 0.707. The zero-order valence-electron chi connectivity index (χ0n) is 7.51. The van der Waals surface area contributed by atoms with Gasteiger partial charge in [-0.2, -0.15) is 0 Å². The minimum absolute atomic E-state index is 0.202. The van der Waals surface area contributed by atoms with Crippen molar-refractivity contribution in [3.63, 3.8) is 0 Å². The number of halogens is 1. The van der Waals surface area contributed by atoms with Crippen molar-refractivity contribution in [3.8, 4) is 0 Å². The molecule has 1 aromatic carbocycles. The van der Waals surface area contributed by atoms with Crippen LogP contribution in [0.3, 0.4) is 0 Å². The number of carboxylic acid groups (broad SMARTS) is 1. The summed E-state index contributed by atoms with van der Waals surface area (Å²) in [5, 5.41) is 11.9. The van der Waals surface area contributed by atoms with Gasteiger partial charge in [-0.1, -0.05) is 0 Å². The van der Waals surface area contributed by atoms with E-state index in [1.807, 2.05) is 0 Å². The van der Waals surface area contributed by atoms with Crippen LogP contribution in [0.5, 0.6) is 0 Å². The van der Waals surface area contributed by atoms with E-state index in [2.05, 4.69) is 5.32 Å². The highest BCUT2D eigenvalue weighted by Gasteiger charge is 2.19. The number of fused-ring (bicyclic) bond motifs is 1. The molecule has 1 heterocycles. The lowest BCUT2D eigenvalue weighted by Gasteiger charge is -2.19. The van der Waals surface area contributed by atoms with Crippen LogP contribution in [0.2, 0.25) is 0 Å². The molecule has 0 unspecified atom stereocenters. The molecule has 2 rings (SSSR count). The number of aromatic carboxylic acids is 1. The average Bonchev–Trinajstić information content (AvgIpc) is 2.18. The van der Waals surface area contributed by atoms with Gasteiger partial charge in [0.1, 0.15) is 5.82 Å². The topological polar surface area (TPSA) is 49.3 Å². The molecule has 1 aliphatic heterocycles. The van der Waals surface area contributed by atoms with Gasteiger partial charge in [0, 0.05) is 6.54 Å². The molecular weight excluding hydrogens is 185 g/mol. The maximum atomic E-state index is 13.3. The highest BCUT2D eigenvalue weighted by Crippen LogP contribution is 2.21. The third-order valence-corrected chi connectivity index (χ3v) is 2.46. The number of hydrogen-bond donors (Lipinski definition) is 2. The van der Waals surface area contributed by atoms with Crippen molar-refractivity contribution in [1.82, 2.24) is 5.32 Å². The molecule has 0 atom stereocenters. The summed E-state index contributed by atoms with van der Waals surface area (Å²) in [6.07, 6.45) is 0.558. The van der Waals surface area contributed by atoms with Crippen molar-refractivity contribution in [2.75, 3.05) is 6.54 Å². The number of nitrogens with one attached hydrogen (secondary N) is 1. The fourth-order valence-electron chi connectivity index (χ4n) is 1.76. The standard InChI is InChI=1S/C10H10FNO2/c11-9-2-1-7(10(13)14)8-5-12-4-3-6(8)9/h1-2,12H,3-5H2,(H,13,14). The molecule has 4 heteroatoms. The third-order valence-electron chi connectivity index (χ3n) is 2.46. The zero-order valence-corrected chi connectivity index (χ0v) is 7.51. The Morgan fingerprint density at radius 3 is 2.93 bits per heavy atom. The normalized spacial score (nSPS) is 14.9. The Kier molecular flexibility index (Phi) is 2.21. The van der Waals surface area contributed by atoms with E-state index in [0.29, 0.717) is 30.6 Å². The molecule has 2 N–H and O–H groups in total. The third kappa shape index (κ3) is 1.37. The number of carbonyl (C=O) groups is 1. The molecule has 1 aromatic rings. The monoisotopic (exact) mass is 195 g/mol. The van der Waals surface area contributed by atoms with Crippen LogP contribution < -0.4 is 5.32 Å². The highest BCUT2D eigenvalue weighted by molar-refractivity contribution is 5.89. The average molecular weight is 195 g/mol. The van der Waals surface area contributed by atoms with Crippen molar-refractivity contribution in [1.29, 1.82) is 0 Å². The van der Waals surface area contributed by atoms with E-state index in [0.717, 1.165) is 0 Å². The van der Waals surface area contributed by atoms with Crippen LogP contribution in [0.25, 0.3) is 0 Å². The fraction of sp³-hybridized carbons (Fsp3) is 0.300. The molecule has 0 bridgehead atoms. The maximum absolute atomic E-state index is 13.3. The van der Waals surface area contributed by atoms with Crippen molar-refractivity contribution >= 4 is 5.97 Å². The summed E-state index contributed by atoms with van der Waals surface area (Å²) >= 11 is 0. The highest BCUT2D eigenvalue weighted by atomic mass is 19.1. The second kappa shape index (κ2) is 3.38. The molecule has 0 spiro atoms. The molecule has 0 aromatic heterocycles. The van der Waals surface area contributed by atoms with Gasteiger partial charge in [0.2, 0.25) is 0 Å². The van der Waals surface area contributed by atoms with Gasteiger partial charge in [0.15, 0.2) is 0 Å². The first-order chi connectivity index (χ1) is 6.70. The van der Waals surface area contributed by atoms with Crippen molar-refractivity contribution < 1.29 is 14.3 Å². The van der Waals surface area contributed by atoms with Gasteiger partial charge in [-0.3, -0.25) is 0 Å². The Labute approximate surface area is 80.6 Å².